The average molecular weight is 365 g/mol. The molecule has 3 aromatic heterocycles. The molecule has 0 saturated carbocycles. The summed E-state index contributed by atoms with van der Waals surface area (Å²) in [5.74, 6) is -0.144. The molecule has 3 heterocycles. The minimum Gasteiger partial charge on any atom is -0.321 e. The summed E-state index contributed by atoms with van der Waals surface area (Å²) < 4.78 is 2.79. The number of nitrogens with zero attached hydrogens (tertiary/aromatic N) is 3. The van der Waals surface area contributed by atoms with Gasteiger partial charge >= 0.3 is 0 Å². The number of carbonyl (C=O) groups is 1. The SMILES string of the molecule is CC(C)n1ncc2cc(NC(=O)c3csc(Br)c3)cnc21. The molecule has 0 saturated heterocycles. The third-order valence-corrected chi connectivity index (χ3v) is 4.51. The maximum absolute atomic E-state index is 12.1. The molecule has 0 fully saturated rings. The standard InChI is InChI=1S/C14H13BrN4OS/c1-8(2)19-13-9(5-17-19)3-11(6-16-13)18-14(20)10-4-12(15)21-7-10/h3-8H,1-2H3,(H,18,20). The van der Waals surface area contributed by atoms with Crippen LogP contribution in [-0.2, 0) is 0 Å². The summed E-state index contributed by atoms with van der Waals surface area (Å²) >= 11 is 4.83. The number of halogens is 1. The van der Waals surface area contributed by atoms with E-state index in [1.165, 1.54) is 11.3 Å². The largest absolute Gasteiger partial charge is 0.321 e. The van der Waals surface area contributed by atoms with Crippen molar-refractivity contribution in [2.75, 3.05) is 5.32 Å². The van der Waals surface area contributed by atoms with Crippen molar-refractivity contribution in [2.24, 2.45) is 0 Å². The number of carbonyl (C=O) groups excluding carboxylic acids is 1. The first kappa shape index (κ1) is 14.2. The van der Waals surface area contributed by atoms with Crippen molar-refractivity contribution in [1.82, 2.24) is 14.8 Å². The Kier molecular flexibility index (Phi) is 3.77. The maximum Gasteiger partial charge on any atom is 0.256 e. The van der Waals surface area contributed by atoms with Gasteiger partial charge in [-0.1, -0.05) is 0 Å². The Morgan fingerprint density at radius 1 is 1.38 bits per heavy atom. The van der Waals surface area contributed by atoms with Crippen molar-refractivity contribution in [3.63, 3.8) is 0 Å². The van der Waals surface area contributed by atoms with Gasteiger partial charge in [-0.3, -0.25) is 4.79 Å². The molecule has 0 aliphatic rings. The zero-order valence-corrected chi connectivity index (χ0v) is 13.9. The van der Waals surface area contributed by atoms with Crippen molar-refractivity contribution in [2.45, 2.75) is 19.9 Å². The first-order valence-corrected chi connectivity index (χ1v) is 8.10. The topological polar surface area (TPSA) is 59.8 Å². The summed E-state index contributed by atoms with van der Waals surface area (Å²) in [5, 5.41) is 9.88. The monoisotopic (exact) mass is 364 g/mol. The molecule has 21 heavy (non-hydrogen) atoms. The Bertz CT molecular complexity index is 808. The second-order valence-electron chi connectivity index (χ2n) is 4.91. The van der Waals surface area contributed by atoms with Crippen LogP contribution in [0.3, 0.4) is 0 Å². The highest BCUT2D eigenvalue weighted by molar-refractivity contribution is 9.11. The van der Waals surface area contributed by atoms with Crippen LogP contribution in [-0.4, -0.2) is 20.7 Å². The molecule has 0 spiro atoms. The van der Waals surface area contributed by atoms with Gasteiger partial charge in [0.1, 0.15) is 0 Å². The van der Waals surface area contributed by atoms with Gasteiger partial charge in [0.15, 0.2) is 5.65 Å². The molecule has 0 aliphatic heterocycles. The number of anilines is 1. The smallest absolute Gasteiger partial charge is 0.256 e. The van der Waals surface area contributed by atoms with E-state index in [1.807, 2.05) is 16.1 Å². The van der Waals surface area contributed by atoms with Crippen LogP contribution in [0.1, 0.15) is 30.2 Å². The van der Waals surface area contributed by atoms with Crippen molar-refractivity contribution in [1.29, 1.82) is 0 Å². The Balaban J connectivity index is 1.86. The molecule has 0 atom stereocenters. The van der Waals surface area contributed by atoms with Crippen LogP contribution in [0.25, 0.3) is 11.0 Å². The molecule has 7 heteroatoms. The first-order chi connectivity index (χ1) is 10.0. The Hall–Kier alpha value is -1.73. The van der Waals surface area contributed by atoms with E-state index in [0.29, 0.717) is 11.3 Å². The predicted octanol–water partition coefficient (Wildman–Crippen LogP) is 4.09. The van der Waals surface area contributed by atoms with Gasteiger partial charge < -0.3 is 5.32 Å². The number of fused-ring (bicyclic) bond motifs is 1. The van der Waals surface area contributed by atoms with E-state index in [2.05, 4.69) is 45.2 Å². The molecule has 0 aromatic carbocycles. The lowest BCUT2D eigenvalue weighted by Crippen LogP contribution is -2.11. The van der Waals surface area contributed by atoms with Crippen molar-refractivity contribution in [3.8, 4) is 0 Å². The van der Waals surface area contributed by atoms with Crippen LogP contribution in [0.4, 0.5) is 5.69 Å². The number of aromatic nitrogens is 3. The Labute approximate surface area is 134 Å². The number of amides is 1. The van der Waals surface area contributed by atoms with Gasteiger partial charge in [0, 0.05) is 16.8 Å². The van der Waals surface area contributed by atoms with Crippen molar-refractivity contribution < 1.29 is 4.79 Å². The molecule has 3 rings (SSSR count). The Morgan fingerprint density at radius 3 is 2.86 bits per heavy atom. The molecule has 1 amide bonds. The van der Waals surface area contributed by atoms with E-state index >= 15 is 0 Å². The minimum atomic E-state index is -0.144. The van der Waals surface area contributed by atoms with Gasteiger partial charge in [-0.2, -0.15) is 5.10 Å². The minimum absolute atomic E-state index is 0.144. The second kappa shape index (κ2) is 5.57. The van der Waals surface area contributed by atoms with Gasteiger partial charge in [0.25, 0.3) is 5.91 Å². The lowest BCUT2D eigenvalue weighted by molar-refractivity contribution is 0.102. The van der Waals surface area contributed by atoms with Crippen LogP contribution in [0, 0.1) is 0 Å². The van der Waals surface area contributed by atoms with Crippen LogP contribution >= 0.6 is 27.3 Å². The van der Waals surface area contributed by atoms with E-state index in [0.717, 1.165) is 14.8 Å². The van der Waals surface area contributed by atoms with Gasteiger partial charge in [-0.05, 0) is 41.9 Å². The van der Waals surface area contributed by atoms with E-state index in [-0.39, 0.29) is 11.9 Å². The summed E-state index contributed by atoms with van der Waals surface area (Å²) in [6, 6.07) is 3.93. The zero-order valence-electron chi connectivity index (χ0n) is 11.5. The summed E-state index contributed by atoms with van der Waals surface area (Å²) in [6.45, 7) is 4.11. The predicted molar refractivity (Wildman–Crippen MR) is 87.9 cm³/mol. The summed E-state index contributed by atoms with van der Waals surface area (Å²) in [6.07, 6.45) is 3.42. The molecule has 3 aromatic rings. The van der Waals surface area contributed by atoms with Gasteiger partial charge in [-0.15, -0.1) is 11.3 Å². The number of pyridine rings is 1. The van der Waals surface area contributed by atoms with E-state index in [4.69, 9.17) is 0 Å². The molecular formula is C14H13BrN4OS. The molecule has 0 radical (unpaired) electrons. The number of rotatable bonds is 3. The number of nitrogens with one attached hydrogen (secondary N) is 1. The number of hydrogen-bond acceptors (Lipinski definition) is 4. The lowest BCUT2D eigenvalue weighted by atomic mass is 10.3. The van der Waals surface area contributed by atoms with Crippen molar-refractivity contribution in [3.05, 3.63) is 39.3 Å². The molecule has 1 N–H and O–H groups in total. The highest BCUT2D eigenvalue weighted by Crippen LogP contribution is 2.23. The fourth-order valence-corrected chi connectivity index (χ4v) is 3.16. The molecule has 0 unspecified atom stereocenters. The van der Waals surface area contributed by atoms with Crippen LogP contribution in [0.15, 0.2) is 33.7 Å². The van der Waals surface area contributed by atoms with E-state index in [9.17, 15) is 4.79 Å². The summed E-state index contributed by atoms with van der Waals surface area (Å²) in [5.41, 5.74) is 2.12. The van der Waals surface area contributed by atoms with Crippen molar-refractivity contribution >= 4 is 49.9 Å². The molecular weight excluding hydrogens is 352 g/mol. The summed E-state index contributed by atoms with van der Waals surface area (Å²) in [7, 11) is 0. The fourth-order valence-electron chi connectivity index (χ4n) is 2.02. The molecule has 5 nitrogen and oxygen atoms in total. The normalized spacial score (nSPS) is 11.2. The quantitative estimate of drug-likeness (QED) is 0.761. The Morgan fingerprint density at radius 2 is 2.19 bits per heavy atom. The second-order valence-corrected chi connectivity index (χ2v) is 7.20. The number of thiophene rings is 1. The van der Waals surface area contributed by atoms with Gasteiger partial charge in [0.05, 0.1) is 27.4 Å². The van der Waals surface area contributed by atoms with E-state index in [1.54, 1.807) is 18.5 Å². The highest BCUT2D eigenvalue weighted by atomic mass is 79.9. The number of hydrogen-bond donors (Lipinski definition) is 1. The maximum atomic E-state index is 12.1. The van der Waals surface area contributed by atoms with Gasteiger partial charge in [0.2, 0.25) is 0 Å². The molecule has 108 valence electrons. The molecule has 0 bridgehead atoms. The highest BCUT2D eigenvalue weighted by Gasteiger charge is 2.11. The van der Waals surface area contributed by atoms with E-state index < -0.39 is 0 Å². The lowest BCUT2D eigenvalue weighted by Gasteiger charge is -2.07. The van der Waals surface area contributed by atoms with Crippen LogP contribution in [0.2, 0.25) is 0 Å². The fraction of sp³-hybridized carbons (Fsp3) is 0.214. The zero-order chi connectivity index (χ0) is 15.0. The van der Waals surface area contributed by atoms with Crippen LogP contribution < -0.4 is 5.32 Å². The summed E-state index contributed by atoms with van der Waals surface area (Å²) in [4.78, 5) is 16.5. The molecule has 0 aliphatic carbocycles. The first-order valence-electron chi connectivity index (χ1n) is 6.43. The van der Waals surface area contributed by atoms with Crippen LogP contribution in [0.5, 0.6) is 0 Å². The third-order valence-electron chi connectivity index (χ3n) is 3.01. The third kappa shape index (κ3) is 2.84. The average Bonchev–Trinajstić information content (AvgIpc) is 3.04. The van der Waals surface area contributed by atoms with Gasteiger partial charge in [-0.25, -0.2) is 9.67 Å².